The molecular formula is C14H22FN3O5S. The summed E-state index contributed by atoms with van der Waals surface area (Å²) in [6.07, 6.45) is 0. The summed E-state index contributed by atoms with van der Waals surface area (Å²) < 4.78 is 42.3. The molecule has 0 spiro atoms. The number of carbonyl (C=O) groups excluding carboxylic acids is 1. The van der Waals surface area contributed by atoms with E-state index < -0.39 is 10.5 Å². The molecular weight excluding hydrogens is 341 g/mol. The van der Waals surface area contributed by atoms with Crippen molar-refractivity contribution in [1.82, 2.24) is 9.80 Å². The highest BCUT2D eigenvalue weighted by Gasteiger charge is 2.14. The second-order valence-corrected chi connectivity index (χ2v) is 6.17. The third-order valence-corrected chi connectivity index (χ3v) is 3.36. The lowest BCUT2D eigenvalue weighted by Crippen LogP contribution is -2.41. The minimum Gasteiger partial charge on any atom is -0.383 e. The van der Waals surface area contributed by atoms with Crippen molar-refractivity contribution in [2.24, 2.45) is 0 Å². The van der Waals surface area contributed by atoms with Gasteiger partial charge in [0.2, 0.25) is 0 Å². The first kappa shape index (κ1) is 20.1. The van der Waals surface area contributed by atoms with Crippen LogP contribution in [0.3, 0.4) is 0 Å². The number of hydrogen-bond acceptors (Lipinski definition) is 6. The zero-order valence-electron chi connectivity index (χ0n) is 13.9. The predicted molar refractivity (Wildman–Crippen MR) is 88.1 cm³/mol. The number of urea groups is 1. The van der Waals surface area contributed by atoms with E-state index in [4.69, 9.17) is 4.74 Å². The molecule has 1 aromatic carbocycles. The summed E-state index contributed by atoms with van der Waals surface area (Å²) >= 11 is 0. The largest absolute Gasteiger partial charge is 0.488 e. The number of anilines is 1. The Labute approximate surface area is 141 Å². The van der Waals surface area contributed by atoms with Gasteiger partial charge in [-0.05, 0) is 38.4 Å². The van der Waals surface area contributed by atoms with Gasteiger partial charge in [0.05, 0.1) is 6.61 Å². The monoisotopic (exact) mass is 363 g/mol. The summed E-state index contributed by atoms with van der Waals surface area (Å²) in [4.78, 5) is 15.9. The molecule has 0 heterocycles. The average Bonchev–Trinajstić information content (AvgIpc) is 2.47. The van der Waals surface area contributed by atoms with E-state index in [0.29, 0.717) is 31.9 Å². The third kappa shape index (κ3) is 8.09. The number of carbonyl (C=O) groups is 1. The molecule has 136 valence electrons. The van der Waals surface area contributed by atoms with E-state index in [1.54, 1.807) is 12.0 Å². The lowest BCUT2D eigenvalue weighted by Gasteiger charge is -2.24. The highest BCUT2D eigenvalue weighted by Crippen LogP contribution is 2.18. The maximum atomic E-state index is 12.4. The van der Waals surface area contributed by atoms with E-state index in [0.717, 1.165) is 0 Å². The first-order valence-electron chi connectivity index (χ1n) is 7.15. The molecule has 0 saturated heterocycles. The van der Waals surface area contributed by atoms with E-state index in [9.17, 15) is 17.1 Å². The standard InChI is InChI=1S/C14H22FN3O5S/c1-17(2)8-9-18(10-11-22-3)14(19)16-12-4-6-13(7-5-12)23-24(15,20)21/h4-7H,8-11H2,1-3H3,(H,16,19). The van der Waals surface area contributed by atoms with Crippen molar-refractivity contribution in [2.45, 2.75) is 0 Å². The van der Waals surface area contributed by atoms with Crippen molar-refractivity contribution in [3.8, 4) is 5.75 Å². The van der Waals surface area contributed by atoms with Gasteiger partial charge in [0.25, 0.3) is 0 Å². The van der Waals surface area contributed by atoms with Gasteiger partial charge in [-0.1, -0.05) is 3.89 Å². The van der Waals surface area contributed by atoms with Gasteiger partial charge < -0.3 is 24.0 Å². The van der Waals surface area contributed by atoms with E-state index in [1.807, 2.05) is 19.0 Å². The molecule has 10 heteroatoms. The van der Waals surface area contributed by atoms with Crippen LogP contribution in [0.15, 0.2) is 24.3 Å². The highest BCUT2D eigenvalue weighted by atomic mass is 32.3. The van der Waals surface area contributed by atoms with Crippen molar-refractivity contribution in [1.29, 1.82) is 0 Å². The molecule has 0 saturated carbocycles. The molecule has 0 atom stereocenters. The Kier molecular flexibility index (Phi) is 7.89. The average molecular weight is 363 g/mol. The number of likely N-dealkylation sites (N-methyl/N-ethyl adjacent to an activating group) is 1. The Hall–Kier alpha value is -1.91. The highest BCUT2D eigenvalue weighted by molar-refractivity contribution is 7.81. The Morgan fingerprint density at radius 1 is 1.17 bits per heavy atom. The number of methoxy groups -OCH3 is 1. The number of hydrogen-bond donors (Lipinski definition) is 1. The Morgan fingerprint density at radius 3 is 2.29 bits per heavy atom. The van der Waals surface area contributed by atoms with Gasteiger partial charge in [-0.25, -0.2) is 4.79 Å². The zero-order chi connectivity index (χ0) is 18.2. The number of benzene rings is 1. The molecule has 0 fully saturated rings. The molecule has 1 rings (SSSR count). The van der Waals surface area contributed by atoms with Crippen molar-refractivity contribution < 1.29 is 26.0 Å². The van der Waals surface area contributed by atoms with Crippen LogP contribution in [0.4, 0.5) is 14.4 Å². The predicted octanol–water partition coefficient (Wildman–Crippen LogP) is 1.32. The number of halogens is 1. The van der Waals surface area contributed by atoms with E-state index in [2.05, 4.69) is 9.50 Å². The zero-order valence-corrected chi connectivity index (χ0v) is 14.7. The quantitative estimate of drug-likeness (QED) is 0.666. The van der Waals surface area contributed by atoms with Crippen LogP contribution in [0.2, 0.25) is 0 Å². The first-order valence-corrected chi connectivity index (χ1v) is 8.46. The molecule has 0 aliphatic rings. The molecule has 2 amide bonds. The van der Waals surface area contributed by atoms with Gasteiger partial charge in [0, 0.05) is 32.4 Å². The van der Waals surface area contributed by atoms with Crippen molar-refractivity contribution >= 4 is 22.2 Å². The van der Waals surface area contributed by atoms with E-state index >= 15 is 0 Å². The lowest BCUT2D eigenvalue weighted by molar-refractivity contribution is 0.151. The Bertz CT molecular complexity index is 622. The topological polar surface area (TPSA) is 88.2 Å². The van der Waals surface area contributed by atoms with Crippen LogP contribution in [0.5, 0.6) is 5.75 Å². The number of nitrogens with zero attached hydrogens (tertiary/aromatic N) is 2. The number of nitrogens with one attached hydrogen (secondary N) is 1. The normalized spacial score (nSPS) is 11.4. The minimum atomic E-state index is -5.07. The number of ether oxygens (including phenoxy) is 1. The van der Waals surface area contributed by atoms with Gasteiger partial charge in [-0.2, -0.15) is 8.42 Å². The fraction of sp³-hybridized carbons (Fsp3) is 0.500. The fourth-order valence-corrected chi connectivity index (χ4v) is 2.09. The second-order valence-electron chi connectivity index (χ2n) is 5.21. The SMILES string of the molecule is COCCN(CCN(C)C)C(=O)Nc1ccc(OS(=O)(=O)F)cc1. The summed E-state index contributed by atoms with van der Waals surface area (Å²) in [6, 6.07) is 5.00. The van der Waals surface area contributed by atoms with Crippen LogP contribution in [-0.2, 0) is 15.2 Å². The summed E-state index contributed by atoms with van der Waals surface area (Å²) in [7, 11) is 0.302. The molecule has 0 aliphatic carbocycles. The van der Waals surface area contributed by atoms with Crippen LogP contribution in [0, 0.1) is 0 Å². The molecule has 0 aliphatic heterocycles. The molecule has 24 heavy (non-hydrogen) atoms. The van der Waals surface area contributed by atoms with Crippen molar-refractivity contribution in [3.63, 3.8) is 0 Å². The van der Waals surface area contributed by atoms with E-state index in [1.165, 1.54) is 24.3 Å². The molecule has 0 unspecified atom stereocenters. The Morgan fingerprint density at radius 2 is 1.79 bits per heavy atom. The molecule has 8 nitrogen and oxygen atoms in total. The van der Waals surface area contributed by atoms with Gasteiger partial charge in [-0.15, -0.1) is 0 Å². The summed E-state index contributed by atoms with van der Waals surface area (Å²) in [5.74, 6) is -0.181. The first-order chi connectivity index (χ1) is 11.2. The molecule has 0 aromatic heterocycles. The van der Waals surface area contributed by atoms with Gasteiger partial charge in [0.15, 0.2) is 0 Å². The van der Waals surface area contributed by atoms with Crippen LogP contribution < -0.4 is 9.50 Å². The van der Waals surface area contributed by atoms with Crippen molar-refractivity contribution in [2.75, 3.05) is 52.8 Å². The fourth-order valence-electron chi connectivity index (χ4n) is 1.75. The van der Waals surface area contributed by atoms with Crippen molar-refractivity contribution in [3.05, 3.63) is 24.3 Å². The van der Waals surface area contributed by atoms with Crippen LogP contribution in [0.25, 0.3) is 0 Å². The molecule has 0 bridgehead atoms. The van der Waals surface area contributed by atoms with E-state index in [-0.39, 0.29) is 11.8 Å². The maximum absolute atomic E-state index is 12.4. The molecule has 1 N–H and O–H groups in total. The summed E-state index contributed by atoms with van der Waals surface area (Å²) in [5, 5.41) is 2.68. The van der Waals surface area contributed by atoms with Gasteiger partial charge in [-0.3, -0.25) is 0 Å². The number of rotatable bonds is 9. The summed E-state index contributed by atoms with van der Waals surface area (Å²) in [6.45, 7) is 2.04. The molecule has 1 aromatic rings. The Balaban J connectivity index is 2.68. The lowest BCUT2D eigenvalue weighted by atomic mass is 10.3. The maximum Gasteiger partial charge on any atom is 0.488 e. The van der Waals surface area contributed by atoms with Gasteiger partial charge in [0.1, 0.15) is 5.75 Å². The third-order valence-electron chi connectivity index (χ3n) is 2.97. The molecule has 0 radical (unpaired) electrons. The minimum absolute atomic E-state index is 0.181. The van der Waals surface area contributed by atoms with Gasteiger partial charge >= 0.3 is 16.5 Å². The summed E-state index contributed by atoms with van der Waals surface area (Å²) in [5.41, 5.74) is 0.427. The van der Waals surface area contributed by atoms with Crippen LogP contribution in [-0.4, -0.2) is 71.7 Å². The smallest absolute Gasteiger partial charge is 0.383 e. The van der Waals surface area contributed by atoms with Crippen LogP contribution >= 0.6 is 0 Å². The van der Waals surface area contributed by atoms with Crippen LogP contribution in [0.1, 0.15) is 0 Å². The number of amides is 2. The second kappa shape index (κ2) is 9.40.